The van der Waals surface area contributed by atoms with Gasteiger partial charge in [0.05, 0.1) is 5.69 Å². The maximum Gasteiger partial charge on any atom is 0.0793 e. The van der Waals surface area contributed by atoms with Crippen LogP contribution >= 0.6 is 0 Å². The maximum atomic E-state index is 4.82. The number of H-pyrrole nitrogens is 1. The van der Waals surface area contributed by atoms with Crippen molar-refractivity contribution in [1.29, 1.82) is 0 Å². The van der Waals surface area contributed by atoms with E-state index in [9.17, 15) is 0 Å². The number of benzene rings is 5. The highest BCUT2D eigenvalue weighted by Gasteiger charge is 2.27. The second-order valence-electron chi connectivity index (χ2n) is 8.85. The second-order valence-corrected chi connectivity index (χ2v) is 8.85. The summed E-state index contributed by atoms with van der Waals surface area (Å²) in [5.74, 6) is 0. The molecule has 0 radical (unpaired) electrons. The quantitative estimate of drug-likeness (QED) is 0.267. The summed E-state index contributed by atoms with van der Waals surface area (Å²) in [4.78, 5) is 8.38. The van der Waals surface area contributed by atoms with Crippen molar-refractivity contribution in [2.75, 3.05) is 0 Å². The van der Waals surface area contributed by atoms with Gasteiger partial charge in [0.1, 0.15) is 0 Å². The van der Waals surface area contributed by atoms with Gasteiger partial charge in [0.25, 0.3) is 0 Å². The number of hydrogen-bond acceptors (Lipinski definition) is 1. The summed E-state index contributed by atoms with van der Waals surface area (Å²) in [5.41, 5.74) is 9.77. The molecular formula is C31H18N2. The molecule has 5 aromatic carbocycles. The van der Waals surface area contributed by atoms with Crippen LogP contribution in [-0.2, 0) is 0 Å². The van der Waals surface area contributed by atoms with Gasteiger partial charge in [-0.15, -0.1) is 0 Å². The number of aromatic amines is 1. The lowest BCUT2D eigenvalue weighted by atomic mass is 9.88. The van der Waals surface area contributed by atoms with Gasteiger partial charge in [0.15, 0.2) is 0 Å². The molecule has 0 atom stereocenters. The summed E-state index contributed by atoms with van der Waals surface area (Å²) < 4.78 is 0. The van der Waals surface area contributed by atoms with Gasteiger partial charge in [-0.2, -0.15) is 0 Å². The van der Waals surface area contributed by atoms with Gasteiger partial charge in [-0.05, 0) is 57.1 Å². The Kier molecular flexibility index (Phi) is 3.16. The van der Waals surface area contributed by atoms with Crippen molar-refractivity contribution in [3.8, 4) is 33.5 Å². The molecular weight excluding hydrogens is 400 g/mol. The Morgan fingerprint density at radius 2 is 1.24 bits per heavy atom. The van der Waals surface area contributed by atoms with Crippen LogP contribution in [0.4, 0.5) is 0 Å². The number of nitrogens with one attached hydrogen (secondary N) is 1. The molecule has 2 nitrogen and oxygen atoms in total. The Hall–Kier alpha value is -4.43. The van der Waals surface area contributed by atoms with Crippen LogP contribution in [0, 0.1) is 0 Å². The van der Waals surface area contributed by atoms with Crippen molar-refractivity contribution < 1.29 is 0 Å². The van der Waals surface area contributed by atoms with E-state index in [0.29, 0.717) is 0 Å². The molecule has 33 heavy (non-hydrogen) atoms. The van der Waals surface area contributed by atoms with Gasteiger partial charge >= 0.3 is 0 Å². The lowest BCUT2D eigenvalue weighted by Crippen LogP contribution is -1.89. The normalized spacial score (nSPS) is 12.2. The predicted molar refractivity (Wildman–Crippen MR) is 138 cm³/mol. The Labute approximate surface area is 190 Å². The summed E-state index contributed by atoms with van der Waals surface area (Å²) >= 11 is 0. The monoisotopic (exact) mass is 418 g/mol. The number of aromatic nitrogens is 2. The fraction of sp³-hybridized carbons (Fsp3) is 0. The number of fused-ring (bicyclic) bond motifs is 8. The summed E-state index contributed by atoms with van der Waals surface area (Å²) in [6.07, 6.45) is 1.91. The SMILES string of the molecule is c1cnc2c(c1)-c1cccc3c(-c4ccc5[nH]c6ccccc6c5c4)c4ccccc4c-2c13. The molecule has 0 saturated carbocycles. The largest absolute Gasteiger partial charge is 0.355 e. The minimum absolute atomic E-state index is 1.10. The summed E-state index contributed by atoms with van der Waals surface area (Å²) in [7, 11) is 0. The number of para-hydroxylation sites is 1. The van der Waals surface area contributed by atoms with Crippen LogP contribution in [0.3, 0.4) is 0 Å². The molecule has 152 valence electrons. The zero-order valence-electron chi connectivity index (χ0n) is 17.8. The first-order valence-corrected chi connectivity index (χ1v) is 11.3. The van der Waals surface area contributed by atoms with Crippen molar-refractivity contribution >= 4 is 43.4 Å². The molecule has 2 aromatic heterocycles. The topological polar surface area (TPSA) is 28.7 Å². The highest BCUT2D eigenvalue weighted by molar-refractivity contribution is 6.28. The van der Waals surface area contributed by atoms with Gasteiger partial charge in [-0.1, -0.05) is 72.8 Å². The summed E-state index contributed by atoms with van der Waals surface area (Å²) in [6.45, 7) is 0. The van der Waals surface area contributed by atoms with Crippen LogP contribution in [0.25, 0.3) is 76.9 Å². The molecule has 1 aliphatic carbocycles. The fourth-order valence-electron chi connectivity index (χ4n) is 5.84. The van der Waals surface area contributed by atoms with E-state index in [1.165, 1.54) is 71.2 Å². The average molecular weight is 418 g/mol. The van der Waals surface area contributed by atoms with Gasteiger partial charge in [-0.25, -0.2) is 0 Å². The number of nitrogens with zero attached hydrogens (tertiary/aromatic N) is 1. The van der Waals surface area contributed by atoms with E-state index in [2.05, 4.69) is 96.0 Å². The van der Waals surface area contributed by atoms with Crippen molar-refractivity contribution in [3.63, 3.8) is 0 Å². The van der Waals surface area contributed by atoms with Crippen molar-refractivity contribution in [3.05, 3.63) is 103 Å². The molecule has 8 rings (SSSR count). The van der Waals surface area contributed by atoms with Crippen molar-refractivity contribution in [2.24, 2.45) is 0 Å². The van der Waals surface area contributed by atoms with Gasteiger partial charge in [-0.3, -0.25) is 4.98 Å². The fourth-order valence-corrected chi connectivity index (χ4v) is 5.84. The minimum atomic E-state index is 1.10. The highest BCUT2D eigenvalue weighted by atomic mass is 14.7. The van der Waals surface area contributed by atoms with E-state index in [1.54, 1.807) is 0 Å². The van der Waals surface area contributed by atoms with Crippen LogP contribution in [0.1, 0.15) is 0 Å². The Bertz CT molecular complexity index is 1920. The molecule has 0 aliphatic heterocycles. The molecule has 0 bridgehead atoms. The predicted octanol–water partition coefficient (Wildman–Crippen LogP) is 8.34. The summed E-state index contributed by atoms with van der Waals surface area (Å²) in [6, 6.07) is 35.1. The number of hydrogen-bond donors (Lipinski definition) is 1. The molecule has 0 fully saturated rings. The maximum absolute atomic E-state index is 4.82. The van der Waals surface area contributed by atoms with E-state index in [-0.39, 0.29) is 0 Å². The van der Waals surface area contributed by atoms with Crippen molar-refractivity contribution in [2.45, 2.75) is 0 Å². The molecule has 0 saturated heterocycles. The molecule has 1 aliphatic rings. The molecule has 0 unspecified atom stereocenters. The van der Waals surface area contributed by atoms with E-state index < -0.39 is 0 Å². The van der Waals surface area contributed by atoms with Gasteiger partial charge in [0, 0.05) is 44.5 Å². The molecule has 0 amide bonds. The van der Waals surface area contributed by atoms with Crippen LogP contribution in [0.2, 0.25) is 0 Å². The van der Waals surface area contributed by atoms with E-state index in [4.69, 9.17) is 4.98 Å². The molecule has 2 heteroatoms. The van der Waals surface area contributed by atoms with Gasteiger partial charge < -0.3 is 4.98 Å². The molecule has 7 aromatic rings. The molecule has 2 heterocycles. The summed E-state index contributed by atoms with van der Waals surface area (Å²) in [5, 5.41) is 7.68. The number of rotatable bonds is 1. The zero-order valence-corrected chi connectivity index (χ0v) is 17.8. The van der Waals surface area contributed by atoms with E-state index >= 15 is 0 Å². The standard InChI is InChI=1S/C31H18N2/c1-2-9-21-20(8-1)28(18-14-15-27-25(17-18)19-7-3-4-13-26(19)33-27)24-11-5-10-22-23-12-6-16-32-31(23)30(21)29(22)24/h1-17,33H. The second kappa shape index (κ2) is 6.08. The highest BCUT2D eigenvalue weighted by Crippen LogP contribution is 2.52. The smallest absolute Gasteiger partial charge is 0.0793 e. The third-order valence-electron chi connectivity index (χ3n) is 7.18. The van der Waals surface area contributed by atoms with Crippen LogP contribution in [0.15, 0.2) is 103 Å². The van der Waals surface area contributed by atoms with Crippen LogP contribution < -0.4 is 0 Å². The Balaban J connectivity index is 1.56. The van der Waals surface area contributed by atoms with E-state index in [0.717, 1.165) is 5.69 Å². The Morgan fingerprint density at radius 3 is 2.15 bits per heavy atom. The first kappa shape index (κ1) is 17.2. The average Bonchev–Trinajstić information content (AvgIpc) is 3.41. The van der Waals surface area contributed by atoms with Crippen molar-refractivity contribution in [1.82, 2.24) is 9.97 Å². The molecule has 1 N–H and O–H groups in total. The first-order chi connectivity index (χ1) is 16.4. The first-order valence-electron chi connectivity index (χ1n) is 11.3. The van der Waals surface area contributed by atoms with Crippen LogP contribution in [0.5, 0.6) is 0 Å². The third kappa shape index (κ3) is 2.15. The Morgan fingerprint density at radius 1 is 0.515 bits per heavy atom. The van der Waals surface area contributed by atoms with E-state index in [1.807, 2.05) is 12.3 Å². The lowest BCUT2D eigenvalue weighted by molar-refractivity contribution is 1.35. The minimum Gasteiger partial charge on any atom is -0.355 e. The van der Waals surface area contributed by atoms with Crippen LogP contribution in [-0.4, -0.2) is 9.97 Å². The number of pyridine rings is 1. The lowest BCUT2D eigenvalue weighted by Gasteiger charge is -2.15. The third-order valence-corrected chi connectivity index (χ3v) is 7.18. The van der Waals surface area contributed by atoms with Gasteiger partial charge in [0.2, 0.25) is 0 Å². The zero-order chi connectivity index (χ0) is 21.5. The molecule has 0 spiro atoms.